The first-order valence-electron chi connectivity index (χ1n) is 45.2. The van der Waals surface area contributed by atoms with E-state index in [1.807, 2.05) is 13.8 Å². The first kappa shape index (κ1) is 118. The summed E-state index contributed by atoms with van der Waals surface area (Å²) in [7, 11) is 3.76. The largest absolute Gasteiger partial charge is 0.481 e. The van der Waals surface area contributed by atoms with Gasteiger partial charge in [0.1, 0.15) is 90.7 Å². The molecule has 0 spiro atoms. The SMILES string of the molecule is COC[C@H]1OB(C)[C@H](CC(C)C)NC(=O)[C@H](Cc2ccccc2)NC(=O)c2cnc(cn2)CSSCCNC(=O)[C@@H](NC(=O)[C@H](CCC(=O)O)NC(=O)[C@H](CCC(=O)NC[C@H](O)[C@@H](O)[C@H](O)[C@H](O)CO)NC(=O)[C@H](CCC(=O)O)NC(=O)[C@H](CCC(=O)NC[C@H](O)[C@@H](O)[C@H](O)[C@H](O)CO)NC(=O)CC[C@H](NC(=O)c2ccc(NCc3cnc4nc(N)[nH]c(=O)c4n3)cc2)C(=O)O)CCC(=O)NCC[C@@H](O)[C@@H]1O. The molecule has 2 aliphatic rings. The number of hydrogen-bond donors (Lipinski definition) is 30. The van der Waals surface area contributed by atoms with Gasteiger partial charge in [-0.3, -0.25) is 81.9 Å². The van der Waals surface area contributed by atoms with Crippen LogP contribution in [0.5, 0.6) is 0 Å². The van der Waals surface area contributed by atoms with E-state index in [4.69, 9.17) is 15.1 Å². The first-order valence-corrected chi connectivity index (χ1v) is 47.7. The molecule has 2 aromatic carbocycles. The van der Waals surface area contributed by atoms with Crippen molar-refractivity contribution in [3.05, 3.63) is 112 Å². The van der Waals surface area contributed by atoms with Gasteiger partial charge in [0.2, 0.25) is 65.0 Å². The van der Waals surface area contributed by atoms with Gasteiger partial charge >= 0.3 is 24.8 Å². The van der Waals surface area contributed by atoms with Crippen LogP contribution in [0.15, 0.2) is 78.0 Å². The molecule has 53 nitrogen and oxygen atoms in total. The summed E-state index contributed by atoms with van der Waals surface area (Å²) in [6.07, 6.45) is -27.5. The number of benzene rings is 2. The summed E-state index contributed by atoms with van der Waals surface area (Å²) in [4.78, 5) is 243. The molecule has 3 aromatic heterocycles. The van der Waals surface area contributed by atoms with Crippen molar-refractivity contribution >= 4 is 140 Å². The molecule has 19 atom stereocenters. The van der Waals surface area contributed by atoms with E-state index in [9.17, 15) is 153 Å². The molecule has 31 N–H and O–H groups in total. The van der Waals surface area contributed by atoms with Gasteiger partial charge < -0.3 is 161 Å². The number of anilines is 2. The van der Waals surface area contributed by atoms with Crippen LogP contribution in [0.2, 0.25) is 6.82 Å². The zero-order valence-corrected chi connectivity index (χ0v) is 79.5. The minimum atomic E-state index is -2.23. The third-order valence-corrected chi connectivity index (χ3v) is 24.3. The number of methoxy groups -OCH3 is 1. The van der Waals surface area contributed by atoms with Gasteiger partial charge in [0.05, 0.1) is 80.8 Å². The standard InChI is InChI=1S/C86H125BN20O33S2/c1-42(2)30-62-87(3)140-61(40-139-4)70(123)56(110)26-27-89-63(115)20-14-48(77(129)90-28-29-141-142-41-47-34-93-55(35-92-47)83(135)104-54(82(134)105-62)31-43-8-6-5-7-9-43)99-80(132)51(18-24-67(119)120)102-79(131)50(16-22-65(117)95-37-58(112)72(125)74(127)60(114)39-109)100-81(133)52(19-25-68(121)122)101-78(130)49(15-21-64(116)94-36-57(111)71(124)73(126)59(113)38-108)98-66(118)23-17-53(85(137)138)103-76(128)44-10-12-45(13-11-44)91-32-46-33-96-75-69(97-46)84(136)107-86(88)106-75/h5-13,33-35,42,48-54,56-62,70-74,91,108-114,123-127H,14-32,36-41H2,1-4H3,(H,89,115)(H,90,129)(H,94,116)(H,95,117)(H,98,118)(H,99,132)(H,100,133)(H,101,130)(H,102,131)(H,103,128)(H,104,135)(H,105,134)(H,119,120)(H,121,122)(H,137,138)(H3,88,96,106,107,136)/t48-,49-,50-,51-,52-,53-,54-,56+,57-,58-,59+,60+,61+,62-,70-,71+,72+,73+,74+/m0/s1. The lowest BCUT2D eigenvalue weighted by atomic mass is 9.60. The highest BCUT2D eigenvalue weighted by molar-refractivity contribution is 8.76. The Kier molecular flexibility index (Phi) is 50.6. The third-order valence-electron chi connectivity index (χ3n) is 22.0. The van der Waals surface area contributed by atoms with Gasteiger partial charge in [0.25, 0.3) is 17.4 Å². The van der Waals surface area contributed by atoms with Crippen LogP contribution >= 0.6 is 21.6 Å². The number of carboxylic acids is 3. The number of aliphatic hydroxyl groups excluding tert-OH is 12. The first-order chi connectivity index (χ1) is 67.4. The molecule has 12 amide bonds. The van der Waals surface area contributed by atoms with Crippen molar-refractivity contribution in [3.8, 4) is 0 Å². The maximum atomic E-state index is 15.0. The number of hydrogen-bond acceptors (Lipinski definition) is 39. The molecule has 56 heteroatoms. The molecule has 142 heavy (non-hydrogen) atoms. The van der Waals surface area contributed by atoms with Crippen LogP contribution < -0.4 is 80.4 Å². The summed E-state index contributed by atoms with van der Waals surface area (Å²) in [6, 6.07) is 1.07. The van der Waals surface area contributed by atoms with Gasteiger partial charge in [-0.15, -0.1) is 0 Å². The molecule has 7 rings (SSSR count). The predicted molar refractivity (Wildman–Crippen MR) is 503 cm³/mol. The second kappa shape index (κ2) is 60.8. The lowest BCUT2D eigenvalue weighted by molar-refractivity contribution is -0.140. The van der Waals surface area contributed by atoms with Crippen LogP contribution in [0.4, 0.5) is 11.6 Å². The molecule has 5 aromatic rings. The van der Waals surface area contributed by atoms with Gasteiger partial charge in [0, 0.05) is 107 Å². The van der Waals surface area contributed by atoms with Gasteiger partial charge in [-0.2, -0.15) is 4.98 Å². The van der Waals surface area contributed by atoms with E-state index in [0.717, 1.165) is 0 Å². The number of aliphatic hydroxyl groups is 12. The van der Waals surface area contributed by atoms with E-state index < -0.39 is 320 Å². The Morgan fingerprint density at radius 1 is 0.599 bits per heavy atom. The highest BCUT2D eigenvalue weighted by Crippen LogP contribution is 2.25. The number of carboxylic acid groups (broad SMARTS) is 3. The fourth-order valence-corrected chi connectivity index (χ4v) is 15.8. The molecule has 0 saturated carbocycles. The number of nitrogens with two attached hydrogens (primary N) is 1. The number of H-pyrrole nitrogens is 1. The Morgan fingerprint density at radius 3 is 1.69 bits per heavy atom. The van der Waals surface area contributed by atoms with E-state index in [1.165, 1.54) is 71.6 Å². The number of nitrogen functional groups attached to an aromatic ring is 1. The van der Waals surface area contributed by atoms with Crippen LogP contribution in [0.25, 0.3) is 11.2 Å². The van der Waals surface area contributed by atoms with E-state index in [1.54, 1.807) is 37.2 Å². The molecule has 0 unspecified atom stereocenters. The summed E-state index contributed by atoms with van der Waals surface area (Å²) in [5, 5.41) is 186. The zero-order chi connectivity index (χ0) is 105. The Hall–Kier alpha value is -12.4. The Labute approximate surface area is 820 Å². The molecular formula is C86H125BN20O33S2. The number of carbonyl (C=O) groups is 15. The Balaban J connectivity index is 1.27. The fourth-order valence-electron chi connectivity index (χ4n) is 13.9. The minimum Gasteiger partial charge on any atom is -0.481 e. The highest BCUT2D eigenvalue weighted by Gasteiger charge is 2.40. The number of aromatic amines is 1. The van der Waals surface area contributed by atoms with Crippen molar-refractivity contribution < 1.29 is 158 Å². The quantitative estimate of drug-likeness (QED) is 0.0127. The summed E-state index contributed by atoms with van der Waals surface area (Å²) < 4.78 is 11.7. The summed E-state index contributed by atoms with van der Waals surface area (Å²) in [5.41, 5.74) is 6.40. The van der Waals surface area contributed by atoms with Gasteiger partial charge in [-0.1, -0.05) is 72.6 Å². The number of aliphatic carboxylic acids is 3. The maximum absolute atomic E-state index is 15.0. The summed E-state index contributed by atoms with van der Waals surface area (Å²) in [5.74, 6) is -18.8. The van der Waals surface area contributed by atoms with Crippen LogP contribution in [-0.4, -0.2) is 376 Å². The number of fused-ring (bicyclic) bond motifs is 27. The van der Waals surface area contributed by atoms with Gasteiger partial charge in [-0.05, 0) is 87.1 Å². The molecule has 0 saturated heterocycles. The number of nitrogens with zero attached hydrogens (tertiary/aromatic N) is 5. The third kappa shape index (κ3) is 40.9. The van der Waals surface area contributed by atoms with Gasteiger partial charge in [-0.25, -0.2) is 19.7 Å². The number of ether oxygens (including phenoxy) is 1. The zero-order valence-electron chi connectivity index (χ0n) is 77.9. The predicted octanol–water partition coefficient (Wildman–Crippen LogP) is -8.74. The molecular weight excluding hydrogens is 1920 g/mol. The Morgan fingerprint density at radius 2 is 1.15 bits per heavy atom. The fraction of sp³-hybridized carbons (Fsp3) is 0.570. The summed E-state index contributed by atoms with van der Waals surface area (Å²) in [6.45, 7) is -0.223. The number of rotatable bonds is 48. The van der Waals surface area contributed by atoms with Crippen molar-refractivity contribution in [1.29, 1.82) is 0 Å². The number of nitrogens with one attached hydrogen (secondary N) is 14. The maximum Gasteiger partial charge on any atom is 0.326 e. The molecule has 2 aliphatic heterocycles. The monoisotopic (exact) mass is 2040 g/mol. The molecule has 5 heterocycles. The average molecular weight is 2040 g/mol. The molecule has 2 bridgehead atoms. The van der Waals surface area contributed by atoms with E-state index >= 15 is 0 Å². The molecule has 0 fully saturated rings. The average Bonchev–Trinajstić information content (AvgIpc) is 0.807. The van der Waals surface area contributed by atoms with Crippen molar-refractivity contribution in [2.45, 2.75) is 245 Å². The number of aromatic nitrogens is 6. The Bertz CT molecular complexity index is 5060. The summed E-state index contributed by atoms with van der Waals surface area (Å²) >= 11 is 0. The smallest absolute Gasteiger partial charge is 0.326 e. The molecule has 782 valence electrons. The van der Waals surface area contributed by atoms with Crippen LogP contribution in [0.1, 0.15) is 142 Å². The van der Waals surface area contributed by atoms with Crippen LogP contribution in [0, 0.1) is 5.92 Å². The van der Waals surface area contributed by atoms with Crippen molar-refractivity contribution in [1.82, 2.24) is 93.7 Å². The van der Waals surface area contributed by atoms with Gasteiger partial charge in [0.15, 0.2) is 11.2 Å². The second-order valence-corrected chi connectivity index (χ2v) is 36.2. The van der Waals surface area contributed by atoms with Crippen molar-refractivity contribution in [2.24, 2.45) is 5.92 Å². The normalized spacial score (nSPS) is 19.5. The van der Waals surface area contributed by atoms with Crippen LogP contribution in [-0.2, 0) is 90.4 Å². The topological polar surface area (TPSA) is 858 Å². The number of carbonyl (C=O) groups excluding carboxylic acids is 12. The van der Waals surface area contributed by atoms with E-state index in [-0.39, 0.29) is 84.9 Å². The lowest BCUT2D eigenvalue weighted by Gasteiger charge is -2.33. The molecule has 0 aliphatic carbocycles. The second-order valence-electron chi connectivity index (χ2n) is 33.6. The lowest BCUT2D eigenvalue weighted by Crippen LogP contribution is -2.59. The molecule has 0 radical (unpaired) electrons. The van der Waals surface area contributed by atoms with Crippen molar-refractivity contribution in [3.63, 3.8) is 0 Å². The van der Waals surface area contributed by atoms with Crippen molar-refractivity contribution in [2.75, 3.05) is 69.9 Å². The van der Waals surface area contributed by atoms with E-state index in [2.05, 4.69) is 99.0 Å². The van der Waals surface area contributed by atoms with E-state index in [0.29, 0.717) is 29.1 Å². The minimum absolute atomic E-state index is 0.00692. The number of amides is 12. The van der Waals surface area contributed by atoms with Crippen LogP contribution in [0.3, 0.4) is 0 Å². The highest BCUT2D eigenvalue weighted by atomic mass is 33.1.